The molecule has 1 aliphatic heterocycles. The number of anilines is 1. The minimum absolute atomic E-state index is 0.0185. The van der Waals surface area contributed by atoms with Crippen molar-refractivity contribution in [3.8, 4) is 0 Å². The molecule has 1 fully saturated rings. The highest BCUT2D eigenvalue weighted by atomic mass is 16.3. The Labute approximate surface area is 86.3 Å². The van der Waals surface area contributed by atoms with Crippen molar-refractivity contribution in [3.63, 3.8) is 0 Å². The predicted octanol–water partition coefficient (Wildman–Crippen LogP) is -1.02. The second kappa shape index (κ2) is 3.85. The number of likely N-dealkylation sites (tertiary alicyclic amines) is 1. The van der Waals surface area contributed by atoms with Crippen LogP contribution in [-0.2, 0) is 0 Å². The van der Waals surface area contributed by atoms with Gasteiger partial charge in [-0.25, -0.2) is 0 Å². The lowest BCUT2D eigenvalue weighted by Gasteiger charge is -2.21. The summed E-state index contributed by atoms with van der Waals surface area (Å²) in [6.45, 7) is 0.625. The normalized spacial score (nSPS) is 20.9. The summed E-state index contributed by atoms with van der Waals surface area (Å²) in [4.78, 5) is 17.2. The van der Waals surface area contributed by atoms with E-state index in [1.807, 2.05) is 0 Å². The number of carbonyl (C=O) groups is 1. The zero-order valence-electron chi connectivity index (χ0n) is 8.18. The molecule has 1 saturated heterocycles. The van der Waals surface area contributed by atoms with Crippen LogP contribution in [0, 0.1) is 0 Å². The molecule has 0 spiro atoms. The van der Waals surface area contributed by atoms with E-state index in [0.29, 0.717) is 6.54 Å². The number of H-pyrrole nitrogens is 1. The predicted molar refractivity (Wildman–Crippen MR) is 51.9 cm³/mol. The molecule has 0 saturated carbocycles. The quantitative estimate of drug-likeness (QED) is 0.580. The zero-order valence-corrected chi connectivity index (χ0v) is 8.18. The van der Waals surface area contributed by atoms with Crippen LogP contribution < -0.4 is 5.73 Å². The zero-order chi connectivity index (χ0) is 10.8. The summed E-state index contributed by atoms with van der Waals surface area (Å²) in [5.74, 6) is -0.0679. The summed E-state index contributed by atoms with van der Waals surface area (Å²) in [6, 6.07) is -0.108. The first-order chi connectivity index (χ1) is 7.22. The number of carbonyl (C=O) groups excluding carboxylic acids is 1. The van der Waals surface area contributed by atoms with Gasteiger partial charge in [0, 0.05) is 6.54 Å². The third kappa shape index (κ3) is 1.78. The molecule has 0 aromatic carbocycles. The third-order valence-corrected chi connectivity index (χ3v) is 2.55. The van der Waals surface area contributed by atoms with Crippen molar-refractivity contribution in [1.29, 1.82) is 0 Å². The fraction of sp³-hybridized carbons (Fsp3) is 0.625. The molecule has 7 heteroatoms. The minimum Gasteiger partial charge on any atom is -0.394 e. The molecule has 15 heavy (non-hydrogen) atoms. The van der Waals surface area contributed by atoms with E-state index >= 15 is 0 Å². The van der Waals surface area contributed by atoms with Gasteiger partial charge in [0.15, 0.2) is 0 Å². The molecular formula is C8H13N5O2. The van der Waals surface area contributed by atoms with Gasteiger partial charge in [-0.1, -0.05) is 0 Å². The molecule has 0 aliphatic carbocycles. The number of nitrogen functional groups attached to an aromatic ring is 1. The average Bonchev–Trinajstić information content (AvgIpc) is 2.84. The number of nitrogens with zero attached hydrogens (tertiary/aromatic N) is 3. The highest BCUT2D eigenvalue weighted by Crippen LogP contribution is 2.18. The Balaban J connectivity index is 2.13. The average molecular weight is 211 g/mol. The number of amides is 1. The summed E-state index contributed by atoms with van der Waals surface area (Å²) >= 11 is 0. The molecule has 2 heterocycles. The van der Waals surface area contributed by atoms with E-state index < -0.39 is 0 Å². The molecule has 7 nitrogen and oxygen atoms in total. The van der Waals surface area contributed by atoms with Crippen molar-refractivity contribution in [2.45, 2.75) is 18.9 Å². The molecule has 1 aromatic rings. The number of nitrogens with two attached hydrogens (primary N) is 1. The van der Waals surface area contributed by atoms with E-state index in [1.54, 1.807) is 4.90 Å². The fourth-order valence-electron chi connectivity index (χ4n) is 1.80. The van der Waals surface area contributed by atoms with E-state index in [9.17, 15) is 4.79 Å². The first kappa shape index (κ1) is 9.91. The Bertz CT molecular complexity index is 364. The van der Waals surface area contributed by atoms with Gasteiger partial charge in [-0.2, -0.15) is 4.98 Å². The molecule has 0 unspecified atom stereocenters. The van der Waals surface area contributed by atoms with Crippen molar-refractivity contribution < 1.29 is 9.90 Å². The van der Waals surface area contributed by atoms with Crippen LogP contribution in [0.2, 0.25) is 0 Å². The van der Waals surface area contributed by atoms with Gasteiger partial charge in [-0.05, 0) is 12.8 Å². The Morgan fingerprint density at radius 1 is 1.73 bits per heavy atom. The SMILES string of the molecule is Nc1n[nH]c(C(=O)N2CCC[C@H]2CO)n1. The van der Waals surface area contributed by atoms with Crippen LogP contribution in [-0.4, -0.2) is 50.3 Å². The molecule has 1 atom stereocenters. The van der Waals surface area contributed by atoms with Crippen molar-refractivity contribution in [3.05, 3.63) is 5.82 Å². The summed E-state index contributed by atoms with van der Waals surface area (Å²) in [5.41, 5.74) is 5.31. The van der Waals surface area contributed by atoms with Crippen LogP contribution in [0.4, 0.5) is 5.95 Å². The second-order valence-corrected chi connectivity index (χ2v) is 3.52. The molecular weight excluding hydrogens is 198 g/mol. The van der Waals surface area contributed by atoms with Crippen LogP contribution in [0.5, 0.6) is 0 Å². The van der Waals surface area contributed by atoms with E-state index in [-0.39, 0.29) is 30.3 Å². The number of aliphatic hydroxyl groups is 1. The molecule has 2 rings (SSSR count). The maximum Gasteiger partial charge on any atom is 0.291 e. The highest BCUT2D eigenvalue weighted by Gasteiger charge is 2.30. The van der Waals surface area contributed by atoms with E-state index in [2.05, 4.69) is 15.2 Å². The van der Waals surface area contributed by atoms with Gasteiger partial charge in [-0.3, -0.25) is 9.89 Å². The van der Waals surface area contributed by atoms with Crippen LogP contribution in [0.15, 0.2) is 0 Å². The second-order valence-electron chi connectivity index (χ2n) is 3.52. The Hall–Kier alpha value is -1.63. The molecule has 0 bridgehead atoms. The number of aliphatic hydroxyl groups excluding tert-OH is 1. The number of hydrogen-bond donors (Lipinski definition) is 3. The van der Waals surface area contributed by atoms with Crippen molar-refractivity contribution >= 4 is 11.9 Å². The van der Waals surface area contributed by atoms with Gasteiger partial charge in [0.2, 0.25) is 11.8 Å². The van der Waals surface area contributed by atoms with Gasteiger partial charge < -0.3 is 15.7 Å². The maximum atomic E-state index is 11.9. The molecule has 1 aliphatic rings. The Kier molecular flexibility index (Phi) is 2.55. The summed E-state index contributed by atoms with van der Waals surface area (Å²) in [5, 5.41) is 15.1. The first-order valence-corrected chi connectivity index (χ1v) is 4.82. The van der Waals surface area contributed by atoms with E-state index in [4.69, 9.17) is 10.8 Å². The monoisotopic (exact) mass is 211 g/mol. The standard InChI is InChI=1S/C8H13N5O2/c9-8-10-6(11-12-8)7(15)13-3-1-2-5(13)4-14/h5,14H,1-4H2,(H3,9,10,11,12)/t5-/m0/s1. The van der Waals surface area contributed by atoms with Crippen molar-refractivity contribution in [1.82, 2.24) is 20.1 Å². The number of aromatic amines is 1. The lowest BCUT2D eigenvalue weighted by Crippen LogP contribution is -2.38. The topological polar surface area (TPSA) is 108 Å². The van der Waals surface area contributed by atoms with Crippen LogP contribution in [0.3, 0.4) is 0 Å². The van der Waals surface area contributed by atoms with Crippen LogP contribution >= 0.6 is 0 Å². The van der Waals surface area contributed by atoms with Crippen LogP contribution in [0.1, 0.15) is 23.5 Å². The third-order valence-electron chi connectivity index (χ3n) is 2.55. The largest absolute Gasteiger partial charge is 0.394 e. The highest BCUT2D eigenvalue weighted by molar-refractivity contribution is 5.91. The van der Waals surface area contributed by atoms with Gasteiger partial charge in [0.25, 0.3) is 5.91 Å². The van der Waals surface area contributed by atoms with Gasteiger partial charge >= 0.3 is 0 Å². The fourth-order valence-corrected chi connectivity index (χ4v) is 1.80. The lowest BCUT2D eigenvalue weighted by atomic mass is 10.2. The van der Waals surface area contributed by atoms with E-state index in [0.717, 1.165) is 12.8 Å². The molecule has 82 valence electrons. The number of nitrogens with one attached hydrogen (secondary N) is 1. The van der Waals surface area contributed by atoms with Crippen molar-refractivity contribution in [2.24, 2.45) is 0 Å². The summed E-state index contributed by atoms with van der Waals surface area (Å²) in [6.07, 6.45) is 1.73. The Morgan fingerprint density at radius 3 is 3.13 bits per heavy atom. The number of hydrogen-bond acceptors (Lipinski definition) is 5. The Morgan fingerprint density at radius 2 is 2.53 bits per heavy atom. The molecule has 0 radical (unpaired) electrons. The van der Waals surface area contributed by atoms with Crippen molar-refractivity contribution in [2.75, 3.05) is 18.9 Å². The maximum absolute atomic E-state index is 11.9. The van der Waals surface area contributed by atoms with Gasteiger partial charge in [-0.15, -0.1) is 5.10 Å². The number of aromatic nitrogens is 3. The smallest absolute Gasteiger partial charge is 0.291 e. The molecule has 1 amide bonds. The summed E-state index contributed by atoms with van der Waals surface area (Å²) < 4.78 is 0. The molecule has 4 N–H and O–H groups in total. The molecule has 1 aromatic heterocycles. The van der Waals surface area contributed by atoms with Crippen LogP contribution in [0.25, 0.3) is 0 Å². The van der Waals surface area contributed by atoms with Gasteiger partial charge in [0.05, 0.1) is 12.6 Å². The minimum atomic E-state index is -0.254. The number of rotatable bonds is 2. The first-order valence-electron chi connectivity index (χ1n) is 4.82. The lowest BCUT2D eigenvalue weighted by molar-refractivity contribution is 0.0666. The van der Waals surface area contributed by atoms with Gasteiger partial charge in [0.1, 0.15) is 0 Å². The summed E-state index contributed by atoms with van der Waals surface area (Å²) in [7, 11) is 0. The van der Waals surface area contributed by atoms with E-state index in [1.165, 1.54) is 0 Å².